The quantitative estimate of drug-likeness (QED) is 0.843. The molecule has 2 heterocycles. The Bertz CT molecular complexity index is 648. The van der Waals surface area contributed by atoms with E-state index in [0.717, 1.165) is 17.0 Å². The molecule has 0 fully saturated rings. The molecule has 0 bridgehead atoms. The Hall–Kier alpha value is -2.44. The van der Waals surface area contributed by atoms with E-state index in [0.29, 0.717) is 12.1 Å². The Morgan fingerprint density at radius 1 is 1.33 bits per heavy atom. The van der Waals surface area contributed by atoms with E-state index in [-0.39, 0.29) is 11.9 Å². The van der Waals surface area contributed by atoms with Gasteiger partial charge in [-0.3, -0.25) is 9.48 Å². The van der Waals surface area contributed by atoms with Crippen molar-refractivity contribution in [1.82, 2.24) is 24.6 Å². The van der Waals surface area contributed by atoms with Gasteiger partial charge in [-0.2, -0.15) is 5.10 Å². The number of ether oxygens (including phenoxy) is 1. The average Bonchev–Trinajstić information content (AvgIpc) is 2.73. The van der Waals surface area contributed by atoms with Gasteiger partial charge in [0.15, 0.2) is 0 Å². The van der Waals surface area contributed by atoms with Crippen LogP contribution >= 0.6 is 0 Å². The fourth-order valence-electron chi connectivity index (χ4n) is 2.11. The fraction of sp³-hybridized carbons (Fsp3) is 0.429. The summed E-state index contributed by atoms with van der Waals surface area (Å²) in [6, 6.07) is 0.244. The summed E-state index contributed by atoms with van der Waals surface area (Å²) in [5.74, 6) is -0.139. The first kappa shape index (κ1) is 15.0. The number of rotatable bonds is 4. The van der Waals surface area contributed by atoms with Crippen molar-refractivity contribution in [3.8, 4) is 6.01 Å². The van der Waals surface area contributed by atoms with E-state index >= 15 is 0 Å². The first-order valence-corrected chi connectivity index (χ1v) is 6.54. The number of aryl methyl sites for hydroxylation is 2. The molecule has 0 aliphatic rings. The Morgan fingerprint density at radius 2 is 1.95 bits per heavy atom. The maximum Gasteiger partial charge on any atom is 0.316 e. The largest absolute Gasteiger partial charge is 0.467 e. The lowest BCUT2D eigenvalue weighted by Gasteiger charge is -2.17. The molecule has 0 spiro atoms. The second-order valence-corrected chi connectivity index (χ2v) is 4.89. The second-order valence-electron chi connectivity index (χ2n) is 4.89. The van der Waals surface area contributed by atoms with Crippen LogP contribution in [0.4, 0.5) is 0 Å². The normalized spacial score (nSPS) is 10.5. The van der Waals surface area contributed by atoms with Crippen LogP contribution in [0.25, 0.3) is 0 Å². The van der Waals surface area contributed by atoms with E-state index in [4.69, 9.17) is 4.74 Å². The minimum absolute atomic E-state index is 0.139. The summed E-state index contributed by atoms with van der Waals surface area (Å²) < 4.78 is 6.70. The van der Waals surface area contributed by atoms with Gasteiger partial charge in [-0.25, -0.2) is 9.97 Å². The van der Waals surface area contributed by atoms with Gasteiger partial charge in [0.25, 0.3) is 5.91 Å². The minimum atomic E-state index is -0.139. The maximum atomic E-state index is 12.4. The molecule has 0 aliphatic carbocycles. The van der Waals surface area contributed by atoms with Gasteiger partial charge in [0.1, 0.15) is 0 Å². The maximum absolute atomic E-state index is 12.4. The first-order valence-electron chi connectivity index (χ1n) is 6.54. The average molecular weight is 289 g/mol. The molecule has 7 nitrogen and oxygen atoms in total. The van der Waals surface area contributed by atoms with E-state index in [1.54, 1.807) is 11.9 Å². The van der Waals surface area contributed by atoms with Crippen LogP contribution in [0.15, 0.2) is 12.4 Å². The molecule has 0 aromatic carbocycles. The van der Waals surface area contributed by atoms with Gasteiger partial charge >= 0.3 is 6.01 Å². The summed E-state index contributed by atoms with van der Waals surface area (Å²) in [5, 5.41) is 4.36. The highest BCUT2D eigenvalue weighted by atomic mass is 16.5. The third-order valence-electron chi connectivity index (χ3n) is 3.46. The van der Waals surface area contributed by atoms with Crippen LogP contribution in [0.1, 0.15) is 27.3 Å². The van der Waals surface area contributed by atoms with Crippen molar-refractivity contribution in [3.63, 3.8) is 0 Å². The van der Waals surface area contributed by atoms with Gasteiger partial charge < -0.3 is 9.64 Å². The predicted octanol–water partition coefficient (Wildman–Crippen LogP) is 1.11. The molecule has 0 unspecified atom stereocenters. The standard InChI is InChI=1S/C14H19N5O2/c1-9-12(10(2)19(4)17-9)8-18(3)13(20)11-6-15-14(21-5)16-7-11/h6-7H,8H2,1-5H3. The van der Waals surface area contributed by atoms with Crippen LogP contribution in [0, 0.1) is 13.8 Å². The van der Waals surface area contributed by atoms with E-state index < -0.39 is 0 Å². The van der Waals surface area contributed by atoms with Crippen LogP contribution in [-0.4, -0.2) is 44.7 Å². The lowest BCUT2D eigenvalue weighted by atomic mass is 10.2. The molecule has 0 saturated heterocycles. The zero-order valence-corrected chi connectivity index (χ0v) is 12.9. The highest BCUT2D eigenvalue weighted by Crippen LogP contribution is 2.15. The molecule has 7 heteroatoms. The number of hydrogen-bond acceptors (Lipinski definition) is 5. The lowest BCUT2D eigenvalue weighted by Crippen LogP contribution is -2.27. The molecule has 0 N–H and O–H groups in total. The molecule has 0 saturated carbocycles. The summed E-state index contributed by atoms with van der Waals surface area (Å²) in [6.45, 7) is 4.43. The van der Waals surface area contributed by atoms with Crippen molar-refractivity contribution in [3.05, 3.63) is 34.9 Å². The summed E-state index contributed by atoms with van der Waals surface area (Å²) in [7, 11) is 5.13. The van der Waals surface area contributed by atoms with Crippen molar-refractivity contribution >= 4 is 5.91 Å². The Balaban J connectivity index is 2.15. The molecule has 112 valence electrons. The summed E-state index contributed by atoms with van der Waals surface area (Å²) in [5.41, 5.74) is 3.47. The number of nitrogens with zero attached hydrogens (tertiary/aromatic N) is 5. The molecular formula is C14H19N5O2. The smallest absolute Gasteiger partial charge is 0.316 e. The highest BCUT2D eigenvalue weighted by molar-refractivity contribution is 5.93. The molecular weight excluding hydrogens is 270 g/mol. The van der Waals surface area contributed by atoms with Gasteiger partial charge in [0, 0.05) is 44.3 Å². The topological polar surface area (TPSA) is 73.1 Å². The van der Waals surface area contributed by atoms with Crippen molar-refractivity contribution in [1.29, 1.82) is 0 Å². The minimum Gasteiger partial charge on any atom is -0.467 e. The van der Waals surface area contributed by atoms with Gasteiger partial charge in [0.2, 0.25) is 0 Å². The van der Waals surface area contributed by atoms with Crippen molar-refractivity contribution in [2.24, 2.45) is 7.05 Å². The van der Waals surface area contributed by atoms with E-state index in [2.05, 4.69) is 15.1 Å². The molecule has 0 atom stereocenters. The summed E-state index contributed by atoms with van der Waals surface area (Å²) in [4.78, 5) is 21.9. The zero-order chi connectivity index (χ0) is 15.6. The van der Waals surface area contributed by atoms with Crippen molar-refractivity contribution in [2.45, 2.75) is 20.4 Å². The van der Waals surface area contributed by atoms with Crippen molar-refractivity contribution < 1.29 is 9.53 Å². The van der Waals surface area contributed by atoms with Crippen LogP contribution in [0.5, 0.6) is 6.01 Å². The third-order valence-corrected chi connectivity index (χ3v) is 3.46. The van der Waals surface area contributed by atoms with E-state index in [9.17, 15) is 4.79 Å². The fourth-order valence-corrected chi connectivity index (χ4v) is 2.11. The number of amides is 1. The Labute approximate surface area is 123 Å². The molecule has 2 rings (SSSR count). The monoisotopic (exact) mass is 289 g/mol. The second kappa shape index (κ2) is 5.90. The van der Waals surface area contributed by atoms with Crippen LogP contribution in [-0.2, 0) is 13.6 Å². The summed E-state index contributed by atoms with van der Waals surface area (Å²) in [6.07, 6.45) is 2.93. The predicted molar refractivity (Wildman–Crippen MR) is 77.1 cm³/mol. The number of aromatic nitrogens is 4. The first-order chi connectivity index (χ1) is 9.93. The number of hydrogen-bond donors (Lipinski definition) is 0. The number of carbonyl (C=O) groups excluding carboxylic acids is 1. The highest BCUT2D eigenvalue weighted by Gasteiger charge is 2.17. The zero-order valence-electron chi connectivity index (χ0n) is 12.9. The molecule has 2 aromatic rings. The lowest BCUT2D eigenvalue weighted by molar-refractivity contribution is 0.0783. The van der Waals surface area contributed by atoms with Gasteiger partial charge in [-0.05, 0) is 13.8 Å². The third kappa shape index (κ3) is 3.01. The Morgan fingerprint density at radius 3 is 2.43 bits per heavy atom. The van der Waals surface area contributed by atoms with Gasteiger partial charge in [-0.1, -0.05) is 0 Å². The summed E-state index contributed by atoms with van der Waals surface area (Å²) >= 11 is 0. The molecule has 0 aliphatic heterocycles. The van der Waals surface area contributed by atoms with Crippen LogP contribution in [0.3, 0.4) is 0 Å². The van der Waals surface area contributed by atoms with Crippen molar-refractivity contribution in [2.75, 3.05) is 14.2 Å². The number of carbonyl (C=O) groups is 1. The Kier molecular flexibility index (Phi) is 4.21. The van der Waals surface area contributed by atoms with Crippen LogP contribution in [0.2, 0.25) is 0 Å². The SMILES string of the molecule is COc1ncc(C(=O)N(C)Cc2c(C)nn(C)c2C)cn1. The van der Waals surface area contributed by atoms with Gasteiger partial charge in [0.05, 0.1) is 18.4 Å². The number of methoxy groups -OCH3 is 1. The molecule has 0 radical (unpaired) electrons. The van der Waals surface area contributed by atoms with E-state index in [1.807, 2.05) is 25.6 Å². The van der Waals surface area contributed by atoms with Gasteiger partial charge in [-0.15, -0.1) is 0 Å². The van der Waals surface area contributed by atoms with Crippen LogP contribution < -0.4 is 4.74 Å². The molecule has 21 heavy (non-hydrogen) atoms. The molecule has 1 amide bonds. The van der Waals surface area contributed by atoms with E-state index in [1.165, 1.54) is 19.5 Å². The molecule has 2 aromatic heterocycles.